The van der Waals surface area contributed by atoms with Crippen LogP contribution in [0.3, 0.4) is 0 Å². The number of alkyl halides is 3. The summed E-state index contributed by atoms with van der Waals surface area (Å²) in [6.45, 7) is -1.23. The van der Waals surface area contributed by atoms with Crippen LogP contribution in [0.2, 0.25) is 0 Å². The molecule has 1 heterocycles. The van der Waals surface area contributed by atoms with Gasteiger partial charge in [0.2, 0.25) is 11.8 Å². The maximum atomic E-state index is 12.3. The molecule has 1 aromatic carbocycles. The number of hydrogen-bond donors (Lipinski definition) is 1. The van der Waals surface area contributed by atoms with Crippen molar-refractivity contribution in [2.45, 2.75) is 12.6 Å². The highest BCUT2D eigenvalue weighted by atomic mass is 19.4. The second-order valence-corrected chi connectivity index (χ2v) is 5.35. The number of rotatable bonds is 5. The molecule has 1 N–H and O–H groups in total. The number of nitrogens with one attached hydrogen (secondary N) is 1. The second-order valence-electron chi connectivity index (χ2n) is 5.35. The molecule has 0 spiro atoms. The van der Waals surface area contributed by atoms with E-state index in [-0.39, 0.29) is 19.5 Å². The Morgan fingerprint density at radius 2 is 2.00 bits per heavy atom. The maximum absolute atomic E-state index is 12.3. The summed E-state index contributed by atoms with van der Waals surface area (Å²) in [4.78, 5) is 24.1. The van der Waals surface area contributed by atoms with Crippen LogP contribution in [0.1, 0.15) is 12.0 Å². The van der Waals surface area contributed by atoms with E-state index in [0.29, 0.717) is 4.90 Å². The van der Waals surface area contributed by atoms with E-state index in [1.807, 2.05) is 36.4 Å². The van der Waals surface area contributed by atoms with Crippen LogP contribution in [-0.2, 0) is 9.59 Å². The molecule has 0 aromatic heterocycles. The van der Waals surface area contributed by atoms with Crippen LogP contribution >= 0.6 is 0 Å². The molecule has 2 amide bonds. The van der Waals surface area contributed by atoms with Crippen LogP contribution in [0.5, 0.6) is 0 Å². The summed E-state index contributed by atoms with van der Waals surface area (Å²) >= 11 is 0. The summed E-state index contributed by atoms with van der Waals surface area (Å²) in [6, 6.07) is 9.48. The van der Waals surface area contributed by atoms with Crippen LogP contribution < -0.4 is 5.32 Å². The van der Waals surface area contributed by atoms with Gasteiger partial charge in [-0.1, -0.05) is 42.5 Å². The summed E-state index contributed by atoms with van der Waals surface area (Å²) in [5.41, 5.74) is 0.981. The summed E-state index contributed by atoms with van der Waals surface area (Å²) in [5, 5.41) is 2.61. The minimum absolute atomic E-state index is 0.176. The third-order valence-electron chi connectivity index (χ3n) is 3.46. The highest BCUT2D eigenvalue weighted by molar-refractivity contribution is 5.89. The molecule has 124 valence electrons. The third-order valence-corrected chi connectivity index (χ3v) is 3.46. The van der Waals surface area contributed by atoms with Crippen molar-refractivity contribution in [1.82, 2.24) is 10.2 Å². The Kier molecular flexibility index (Phi) is 5.41. The van der Waals surface area contributed by atoms with Crippen molar-refractivity contribution in [2.24, 2.45) is 5.92 Å². The summed E-state index contributed by atoms with van der Waals surface area (Å²) < 4.78 is 36.9. The van der Waals surface area contributed by atoms with Gasteiger partial charge in [0.05, 0.1) is 5.92 Å². The number of amides is 2. The van der Waals surface area contributed by atoms with E-state index in [4.69, 9.17) is 0 Å². The Hall–Kier alpha value is -2.31. The van der Waals surface area contributed by atoms with Crippen molar-refractivity contribution in [3.05, 3.63) is 42.0 Å². The number of benzene rings is 1. The molecule has 0 bridgehead atoms. The lowest BCUT2D eigenvalue weighted by atomic mass is 10.1. The molecule has 23 heavy (non-hydrogen) atoms. The van der Waals surface area contributed by atoms with E-state index in [1.165, 1.54) is 0 Å². The molecule has 1 aliphatic heterocycles. The van der Waals surface area contributed by atoms with Crippen LogP contribution in [0.4, 0.5) is 13.2 Å². The van der Waals surface area contributed by atoms with Gasteiger partial charge in [-0.05, 0) is 5.56 Å². The van der Waals surface area contributed by atoms with Gasteiger partial charge in [0, 0.05) is 19.5 Å². The van der Waals surface area contributed by atoms with Crippen LogP contribution in [0.25, 0.3) is 6.08 Å². The third kappa shape index (κ3) is 5.43. The highest BCUT2D eigenvalue weighted by Crippen LogP contribution is 2.23. The van der Waals surface area contributed by atoms with E-state index < -0.39 is 30.5 Å². The molecule has 2 rings (SSSR count). The van der Waals surface area contributed by atoms with Crippen molar-refractivity contribution in [3.8, 4) is 0 Å². The molecule has 0 aliphatic carbocycles. The SMILES string of the molecule is O=C(NC/C=C/c1ccccc1)[C@@H]1CC(=O)N(CC(F)(F)F)C1. The first kappa shape index (κ1) is 17.1. The van der Waals surface area contributed by atoms with Gasteiger partial charge in [0.1, 0.15) is 6.54 Å². The molecule has 0 saturated carbocycles. The van der Waals surface area contributed by atoms with Crippen LogP contribution in [0, 0.1) is 5.92 Å². The molecule has 7 heteroatoms. The fourth-order valence-electron chi connectivity index (χ4n) is 2.38. The zero-order valence-corrected chi connectivity index (χ0v) is 12.3. The van der Waals surface area contributed by atoms with Crippen LogP contribution in [-0.4, -0.2) is 42.5 Å². The number of carbonyl (C=O) groups excluding carboxylic acids is 2. The van der Waals surface area contributed by atoms with Gasteiger partial charge in [-0.15, -0.1) is 0 Å². The van der Waals surface area contributed by atoms with Crippen molar-refractivity contribution in [1.29, 1.82) is 0 Å². The standard InChI is InChI=1S/C16H17F3N2O2/c17-16(18,19)11-21-10-13(9-14(21)22)15(23)20-8-4-7-12-5-2-1-3-6-12/h1-7,13H,8-11H2,(H,20,23)/b7-4+/t13-/m1/s1. The lowest BCUT2D eigenvalue weighted by molar-refractivity contribution is -0.157. The van der Waals surface area contributed by atoms with Crippen molar-refractivity contribution in [3.63, 3.8) is 0 Å². The van der Waals surface area contributed by atoms with E-state index in [0.717, 1.165) is 5.56 Å². The van der Waals surface area contributed by atoms with Gasteiger partial charge in [0.25, 0.3) is 0 Å². The number of nitrogens with zero attached hydrogens (tertiary/aromatic N) is 1. The van der Waals surface area contributed by atoms with E-state index in [2.05, 4.69) is 5.32 Å². The molecule has 1 aliphatic rings. The number of likely N-dealkylation sites (tertiary alicyclic amines) is 1. The molecular formula is C16H17F3N2O2. The zero-order valence-electron chi connectivity index (χ0n) is 12.3. The van der Waals surface area contributed by atoms with Gasteiger partial charge in [0.15, 0.2) is 0 Å². The predicted octanol–water partition coefficient (Wildman–Crippen LogP) is 2.23. The molecule has 1 fully saturated rings. The topological polar surface area (TPSA) is 49.4 Å². The first-order chi connectivity index (χ1) is 10.8. The van der Waals surface area contributed by atoms with E-state index in [9.17, 15) is 22.8 Å². The quantitative estimate of drug-likeness (QED) is 0.902. The first-order valence-corrected chi connectivity index (χ1v) is 7.19. The minimum Gasteiger partial charge on any atom is -0.352 e. The van der Waals surface area contributed by atoms with E-state index in [1.54, 1.807) is 6.08 Å². The minimum atomic E-state index is -4.44. The van der Waals surface area contributed by atoms with Crippen molar-refractivity contribution >= 4 is 17.9 Å². The molecule has 1 saturated heterocycles. The average molecular weight is 326 g/mol. The van der Waals surface area contributed by atoms with Crippen molar-refractivity contribution in [2.75, 3.05) is 19.6 Å². The smallest absolute Gasteiger partial charge is 0.352 e. The molecular weight excluding hydrogens is 309 g/mol. The van der Waals surface area contributed by atoms with Gasteiger partial charge in [-0.25, -0.2) is 0 Å². The Morgan fingerprint density at radius 3 is 2.65 bits per heavy atom. The number of halogens is 3. The fraction of sp³-hybridized carbons (Fsp3) is 0.375. The Morgan fingerprint density at radius 1 is 1.30 bits per heavy atom. The second kappa shape index (κ2) is 7.30. The molecule has 1 aromatic rings. The number of hydrogen-bond acceptors (Lipinski definition) is 2. The first-order valence-electron chi connectivity index (χ1n) is 7.19. The Bertz CT molecular complexity index is 585. The largest absolute Gasteiger partial charge is 0.406 e. The van der Waals surface area contributed by atoms with Gasteiger partial charge in [-0.3, -0.25) is 9.59 Å². The summed E-state index contributed by atoms with van der Waals surface area (Å²) in [6.07, 6.45) is -1.04. The highest BCUT2D eigenvalue weighted by Gasteiger charge is 2.40. The normalized spacial score (nSPS) is 18.7. The summed E-state index contributed by atoms with van der Waals surface area (Å²) in [5.74, 6) is -1.77. The van der Waals surface area contributed by atoms with E-state index >= 15 is 0 Å². The Balaban J connectivity index is 1.78. The monoisotopic (exact) mass is 326 g/mol. The molecule has 0 unspecified atom stereocenters. The predicted molar refractivity (Wildman–Crippen MR) is 79.2 cm³/mol. The zero-order chi connectivity index (χ0) is 16.9. The lowest BCUT2D eigenvalue weighted by Gasteiger charge is -2.18. The van der Waals surface area contributed by atoms with Gasteiger partial charge >= 0.3 is 6.18 Å². The van der Waals surface area contributed by atoms with Gasteiger partial charge < -0.3 is 10.2 Å². The van der Waals surface area contributed by atoms with Crippen molar-refractivity contribution < 1.29 is 22.8 Å². The molecule has 0 radical (unpaired) electrons. The number of carbonyl (C=O) groups is 2. The van der Waals surface area contributed by atoms with Gasteiger partial charge in [-0.2, -0.15) is 13.2 Å². The lowest BCUT2D eigenvalue weighted by Crippen LogP contribution is -2.37. The Labute approximate surface area is 132 Å². The van der Waals surface area contributed by atoms with Crippen LogP contribution in [0.15, 0.2) is 36.4 Å². The molecule has 1 atom stereocenters. The molecule has 4 nitrogen and oxygen atoms in total. The maximum Gasteiger partial charge on any atom is 0.406 e. The average Bonchev–Trinajstić information content (AvgIpc) is 2.84. The fourth-order valence-corrected chi connectivity index (χ4v) is 2.38. The summed E-state index contributed by atoms with van der Waals surface area (Å²) in [7, 11) is 0.